The van der Waals surface area contributed by atoms with Crippen molar-refractivity contribution < 1.29 is 9.59 Å². The average molecular weight is 365 g/mol. The SMILES string of the molecule is O=C(NC1CCN(Cc2ccccc2)C1=O)c1ccc(N2CCCC2)nn1. The number of amides is 2. The molecule has 2 aliphatic heterocycles. The number of carbonyl (C=O) groups is 2. The zero-order valence-corrected chi connectivity index (χ0v) is 15.2. The van der Waals surface area contributed by atoms with Gasteiger partial charge in [-0.05, 0) is 37.0 Å². The third-order valence-corrected chi connectivity index (χ3v) is 5.13. The van der Waals surface area contributed by atoms with Gasteiger partial charge in [-0.25, -0.2) is 0 Å². The maximum absolute atomic E-state index is 12.6. The van der Waals surface area contributed by atoms with E-state index in [0.717, 1.165) is 37.3 Å². The van der Waals surface area contributed by atoms with Gasteiger partial charge in [-0.3, -0.25) is 9.59 Å². The van der Waals surface area contributed by atoms with E-state index in [1.807, 2.05) is 36.4 Å². The number of likely N-dealkylation sites (tertiary alicyclic amines) is 1. The van der Waals surface area contributed by atoms with E-state index in [9.17, 15) is 9.59 Å². The van der Waals surface area contributed by atoms with Crippen molar-refractivity contribution in [2.45, 2.75) is 31.8 Å². The van der Waals surface area contributed by atoms with Crippen molar-refractivity contribution in [1.29, 1.82) is 0 Å². The van der Waals surface area contributed by atoms with E-state index in [4.69, 9.17) is 0 Å². The van der Waals surface area contributed by atoms with Gasteiger partial charge in [0.15, 0.2) is 11.5 Å². The summed E-state index contributed by atoms with van der Waals surface area (Å²) in [5, 5.41) is 11.0. The minimum Gasteiger partial charge on any atom is -0.355 e. The first-order valence-electron chi connectivity index (χ1n) is 9.43. The Hall–Kier alpha value is -2.96. The van der Waals surface area contributed by atoms with Gasteiger partial charge in [-0.1, -0.05) is 30.3 Å². The Kier molecular flexibility index (Phi) is 5.00. The number of anilines is 1. The van der Waals surface area contributed by atoms with Gasteiger partial charge in [-0.15, -0.1) is 10.2 Å². The van der Waals surface area contributed by atoms with E-state index in [2.05, 4.69) is 20.4 Å². The predicted molar refractivity (Wildman–Crippen MR) is 101 cm³/mol. The van der Waals surface area contributed by atoms with Crippen LogP contribution in [0.5, 0.6) is 0 Å². The Morgan fingerprint density at radius 2 is 1.81 bits per heavy atom. The quantitative estimate of drug-likeness (QED) is 0.871. The van der Waals surface area contributed by atoms with Crippen molar-refractivity contribution in [3.8, 4) is 0 Å². The molecule has 3 heterocycles. The summed E-state index contributed by atoms with van der Waals surface area (Å²) in [6.07, 6.45) is 2.93. The monoisotopic (exact) mass is 365 g/mol. The molecule has 1 aromatic heterocycles. The molecule has 0 bridgehead atoms. The lowest BCUT2D eigenvalue weighted by Gasteiger charge is -2.17. The molecule has 0 spiro atoms. The van der Waals surface area contributed by atoms with E-state index in [-0.39, 0.29) is 17.5 Å². The molecule has 7 heteroatoms. The van der Waals surface area contributed by atoms with Crippen molar-refractivity contribution in [2.24, 2.45) is 0 Å². The molecule has 4 rings (SSSR count). The van der Waals surface area contributed by atoms with E-state index < -0.39 is 6.04 Å². The van der Waals surface area contributed by atoms with Crippen LogP contribution in [0.1, 0.15) is 35.3 Å². The molecule has 2 aliphatic rings. The standard InChI is InChI=1S/C20H23N5O2/c26-19(16-8-9-18(23-22-16)24-11-4-5-12-24)21-17-10-13-25(20(17)27)14-15-6-2-1-3-7-15/h1-3,6-9,17H,4-5,10-14H2,(H,21,26). The molecule has 27 heavy (non-hydrogen) atoms. The van der Waals surface area contributed by atoms with E-state index in [1.54, 1.807) is 11.0 Å². The fourth-order valence-corrected chi connectivity index (χ4v) is 3.63. The van der Waals surface area contributed by atoms with Gasteiger partial charge in [-0.2, -0.15) is 0 Å². The Balaban J connectivity index is 1.34. The molecular weight excluding hydrogens is 342 g/mol. The van der Waals surface area contributed by atoms with Crippen LogP contribution in [0, 0.1) is 0 Å². The van der Waals surface area contributed by atoms with Gasteiger partial charge in [0.25, 0.3) is 5.91 Å². The maximum atomic E-state index is 12.6. The van der Waals surface area contributed by atoms with Gasteiger partial charge in [0.05, 0.1) is 0 Å². The van der Waals surface area contributed by atoms with Crippen molar-refractivity contribution in [1.82, 2.24) is 20.4 Å². The van der Waals surface area contributed by atoms with Crippen LogP contribution in [0.25, 0.3) is 0 Å². The van der Waals surface area contributed by atoms with Gasteiger partial charge >= 0.3 is 0 Å². The number of hydrogen-bond donors (Lipinski definition) is 1. The third kappa shape index (κ3) is 3.92. The number of aromatic nitrogens is 2. The summed E-state index contributed by atoms with van der Waals surface area (Å²) in [4.78, 5) is 29.0. The van der Waals surface area contributed by atoms with Crippen molar-refractivity contribution in [2.75, 3.05) is 24.5 Å². The lowest BCUT2D eigenvalue weighted by atomic mass is 10.2. The summed E-state index contributed by atoms with van der Waals surface area (Å²) in [5.74, 6) is 0.402. The molecule has 1 aromatic carbocycles. The topological polar surface area (TPSA) is 78.4 Å². The normalized spacial score (nSPS) is 19.6. The van der Waals surface area contributed by atoms with Crippen LogP contribution < -0.4 is 10.2 Å². The zero-order valence-electron chi connectivity index (χ0n) is 15.2. The van der Waals surface area contributed by atoms with E-state index in [0.29, 0.717) is 19.5 Å². The Morgan fingerprint density at radius 3 is 2.52 bits per heavy atom. The molecule has 0 radical (unpaired) electrons. The van der Waals surface area contributed by atoms with Crippen LogP contribution in [-0.2, 0) is 11.3 Å². The first-order chi connectivity index (χ1) is 13.2. The summed E-state index contributed by atoms with van der Waals surface area (Å²) in [6, 6.07) is 12.9. The molecule has 140 valence electrons. The van der Waals surface area contributed by atoms with Crippen LogP contribution in [0.4, 0.5) is 5.82 Å². The second-order valence-electron chi connectivity index (χ2n) is 7.03. The van der Waals surface area contributed by atoms with Gasteiger partial charge in [0, 0.05) is 26.2 Å². The molecule has 2 amide bonds. The van der Waals surface area contributed by atoms with Crippen LogP contribution in [0.2, 0.25) is 0 Å². The Labute approximate surface area is 158 Å². The van der Waals surface area contributed by atoms with Crippen molar-refractivity contribution in [3.63, 3.8) is 0 Å². The molecule has 1 N–H and O–H groups in total. The number of carbonyl (C=O) groups excluding carboxylic acids is 2. The predicted octanol–water partition coefficient (Wildman–Crippen LogP) is 1.61. The zero-order chi connectivity index (χ0) is 18.6. The molecule has 1 atom stereocenters. The highest BCUT2D eigenvalue weighted by Crippen LogP contribution is 2.18. The fraction of sp³-hybridized carbons (Fsp3) is 0.400. The molecule has 7 nitrogen and oxygen atoms in total. The highest BCUT2D eigenvalue weighted by molar-refractivity contribution is 5.96. The van der Waals surface area contributed by atoms with Crippen molar-refractivity contribution >= 4 is 17.6 Å². The van der Waals surface area contributed by atoms with E-state index >= 15 is 0 Å². The summed E-state index contributed by atoms with van der Waals surface area (Å²) in [6.45, 7) is 3.16. The summed E-state index contributed by atoms with van der Waals surface area (Å²) in [5.41, 5.74) is 1.33. The Bertz CT molecular complexity index is 803. The minimum atomic E-state index is -0.499. The van der Waals surface area contributed by atoms with Crippen LogP contribution in [0.3, 0.4) is 0 Å². The maximum Gasteiger partial charge on any atom is 0.272 e. The number of benzene rings is 1. The van der Waals surface area contributed by atoms with Gasteiger partial charge < -0.3 is 15.1 Å². The molecule has 2 fully saturated rings. The second kappa shape index (κ2) is 7.73. The third-order valence-electron chi connectivity index (χ3n) is 5.13. The molecule has 2 aromatic rings. The summed E-state index contributed by atoms with van der Waals surface area (Å²) < 4.78 is 0. The van der Waals surface area contributed by atoms with Crippen LogP contribution in [0.15, 0.2) is 42.5 Å². The summed E-state index contributed by atoms with van der Waals surface area (Å²) in [7, 11) is 0. The smallest absolute Gasteiger partial charge is 0.272 e. The molecule has 0 aliphatic carbocycles. The fourth-order valence-electron chi connectivity index (χ4n) is 3.63. The number of rotatable bonds is 5. The minimum absolute atomic E-state index is 0.0474. The average Bonchev–Trinajstić information content (AvgIpc) is 3.35. The molecule has 0 saturated carbocycles. The van der Waals surface area contributed by atoms with Crippen LogP contribution in [-0.4, -0.2) is 52.6 Å². The second-order valence-corrected chi connectivity index (χ2v) is 7.03. The first kappa shape index (κ1) is 17.5. The lowest BCUT2D eigenvalue weighted by Crippen LogP contribution is -2.41. The lowest BCUT2D eigenvalue weighted by molar-refractivity contribution is -0.129. The largest absolute Gasteiger partial charge is 0.355 e. The van der Waals surface area contributed by atoms with Crippen molar-refractivity contribution in [3.05, 3.63) is 53.7 Å². The van der Waals surface area contributed by atoms with Gasteiger partial charge in [0.2, 0.25) is 5.91 Å². The van der Waals surface area contributed by atoms with Crippen LogP contribution >= 0.6 is 0 Å². The molecule has 1 unspecified atom stereocenters. The molecule has 2 saturated heterocycles. The number of nitrogens with one attached hydrogen (secondary N) is 1. The molecular formula is C20H23N5O2. The highest BCUT2D eigenvalue weighted by atomic mass is 16.2. The van der Waals surface area contributed by atoms with E-state index in [1.165, 1.54) is 0 Å². The highest BCUT2D eigenvalue weighted by Gasteiger charge is 2.33. The first-order valence-corrected chi connectivity index (χ1v) is 9.43. The summed E-state index contributed by atoms with van der Waals surface area (Å²) >= 11 is 0. The number of hydrogen-bond acceptors (Lipinski definition) is 5. The van der Waals surface area contributed by atoms with Gasteiger partial charge in [0.1, 0.15) is 6.04 Å². The Morgan fingerprint density at radius 1 is 1.04 bits per heavy atom. The number of nitrogens with zero attached hydrogens (tertiary/aromatic N) is 4.